The van der Waals surface area contributed by atoms with Crippen molar-refractivity contribution in [2.24, 2.45) is 0 Å². The summed E-state index contributed by atoms with van der Waals surface area (Å²) in [5.74, 6) is 0. The van der Waals surface area contributed by atoms with Crippen LogP contribution in [-0.2, 0) is 10.1 Å². The highest BCUT2D eigenvalue weighted by Gasteiger charge is 2.21. The molecule has 0 aromatic rings. The van der Waals surface area contributed by atoms with Crippen LogP contribution in [0.4, 0.5) is 0 Å². The number of aliphatic hydroxyl groups excluding tert-OH is 1. The maximum absolute atomic E-state index is 11.2. The Labute approximate surface area is 169 Å². The van der Waals surface area contributed by atoms with Crippen molar-refractivity contribution in [1.82, 2.24) is 0 Å². The summed E-state index contributed by atoms with van der Waals surface area (Å²) in [5.41, 5.74) is 0. The van der Waals surface area contributed by atoms with E-state index in [1.165, 1.54) is 89.9 Å². The molecule has 0 rings (SSSR count). The molecule has 1 unspecified atom stereocenters. The first-order valence-corrected chi connectivity index (χ1v) is 13.1. The molecule has 0 fully saturated rings. The van der Waals surface area contributed by atoms with Crippen LogP contribution in [0.3, 0.4) is 0 Å². The van der Waals surface area contributed by atoms with Gasteiger partial charge in [-0.2, -0.15) is 8.42 Å². The molecule has 0 spiro atoms. The molecule has 0 heterocycles. The summed E-state index contributed by atoms with van der Waals surface area (Å²) in [6.45, 7) is 2.08. The summed E-state index contributed by atoms with van der Waals surface area (Å²) in [4.78, 5) is 0. The van der Waals surface area contributed by atoms with E-state index in [4.69, 9.17) is 9.66 Å². The van der Waals surface area contributed by atoms with Crippen LogP contribution in [0.5, 0.6) is 0 Å². The Morgan fingerprint density at radius 3 is 1.22 bits per heavy atom. The fourth-order valence-electron chi connectivity index (χ4n) is 3.68. The highest BCUT2D eigenvalue weighted by atomic mass is 32.2. The van der Waals surface area contributed by atoms with E-state index < -0.39 is 15.4 Å². The molecule has 164 valence electrons. The first-order chi connectivity index (χ1) is 13.0. The Kier molecular flexibility index (Phi) is 19.1. The van der Waals surface area contributed by atoms with Gasteiger partial charge in [0.15, 0.2) is 0 Å². The van der Waals surface area contributed by atoms with Crippen LogP contribution in [-0.4, -0.2) is 29.9 Å². The summed E-state index contributed by atoms with van der Waals surface area (Å²) >= 11 is 0. The molecule has 4 nitrogen and oxygen atoms in total. The molecule has 0 radical (unpaired) electrons. The van der Waals surface area contributed by atoms with Gasteiger partial charge in [0, 0.05) is 6.61 Å². The number of unbranched alkanes of at least 4 members (excludes halogenated alkanes) is 16. The average molecular weight is 407 g/mol. The quantitative estimate of drug-likeness (QED) is 0.165. The summed E-state index contributed by atoms with van der Waals surface area (Å²) in [6, 6.07) is 0. The van der Waals surface area contributed by atoms with E-state index in [2.05, 4.69) is 6.92 Å². The molecule has 0 saturated carbocycles. The van der Waals surface area contributed by atoms with Crippen molar-refractivity contribution in [3.8, 4) is 0 Å². The molecule has 0 amide bonds. The van der Waals surface area contributed by atoms with Crippen LogP contribution in [0.1, 0.15) is 129 Å². The van der Waals surface area contributed by atoms with Gasteiger partial charge in [0.2, 0.25) is 0 Å². The lowest BCUT2D eigenvalue weighted by Crippen LogP contribution is -2.21. The lowest BCUT2D eigenvalue weighted by atomic mass is 10.0. The molecule has 0 aliphatic rings. The predicted molar refractivity (Wildman–Crippen MR) is 116 cm³/mol. The van der Waals surface area contributed by atoms with Crippen molar-refractivity contribution in [3.05, 3.63) is 0 Å². The van der Waals surface area contributed by atoms with Crippen molar-refractivity contribution in [2.75, 3.05) is 6.61 Å². The molecule has 5 heteroatoms. The Hall–Kier alpha value is -0.130. The zero-order chi connectivity index (χ0) is 20.2. The zero-order valence-electron chi connectivity index (χ0n) is 17.8. The first kappa shape index (κ1) is 26.9. The second kappa shape index (κ2) is 19.2. The van der Waals surface area contributed by atoms with Gasteiger partial charge >= 0.3 is 0 Å². The second-order valence-electron chi connectivity index (χ2n) is 8.09. The largest absolute Gasteiger partial charge is 0.396 e. The molecule has 0 aliphatic carbocycles. The molecule has 0 aromatic carbocycles. The molecular weight excluding hydrogens is 360 g/mol. The third-order valence-corrected chi connectivity index (χ3v) is 6.82. The van der Waals surface area contributed by atoms with Crippen LogP contribution >= 0.6 is 0 Å². The molecular formula is C22H46O4S. The van der Waals surface area contributed by atoms with E-state index >= 15 is 0 Å². The number of rotatable bonds is 21. The van der Waals surface area contributed by atoms with Crippen LogP contribution in [0, 0.1) is 0 Å². The van der Waals surface area contributed by atoms with Gasteiger partial charge in [-0.1, -0.05) is 116 Å². The van der Waals surface area contributed by atoms with E-state index in [0.717, 1.165) is 19.3 Å². The van der Waals surface area contributed by atoms with Gasteiger partial charge in [0.1, 0.15) is 0 Å². The van der Waals surface area contributed by atoms with E-state index in [0.29, 0.717) is 6.42 Å². The van der Waals surface area contributed by atoms with Gasteiger partial charge in [-0.15, -0.1) is 0 Å². The maximum atomic E-state index is 11.2. The maximum Gasteiger partial charge on any atom is 0.267 e. The lowest BCUT2D eigenvalue weighted by molar-refractivity contribution is 0.279. The zero-order valence-corrected chi connectivity index (χ0v) is 18.7. The third kappa shape index (κ3) is 19.0. The standard InChI is InChI=1S/C22H46O4S/c1-2-3-4-5-6-7-8-9-10-11-12-13-14-15-16-17-18-19-22(20-21-23)27(24,25)26/h22-23H,2-21H2,1H3,(H,24,25,26). The van der Waals surface area contributed by atoms with Gasteiger partial charge in [-0.25, -0.2) is 0 Å². The predicted octanol–water partition coefficient (Wildman–Crippen LogP) is 6.67. The summed E-state index contributed by atoms with van der Waals surface area (Å²) in [7, 11) is -4.01. The van der Waals surface area contributed by atoms with Crippen molar-refractivity contribution >= 4 is 10.1 Å². The van der Waals surface area contributed by atoms with E-state index in [9.17, 15) is 8.42 Å². The Balaban J connectivity index is 3.27. The Bertz CT molecular complexity index is 395. The van der Waals surface area contributed by atoms with Crippen molar-refractivity contribution in [2.45, 2.75) is 134 Å². The van der Waals surface area contributed by atoms with Crippen LogP contribution in [0.25, 0.3) is 0 Å². The van der Waals surface area contributed by atoms with Crippen LogP contribution < -0.4 is 0 Å². The molecule has 2 N–H and O–H groups in total. The monoisotopic (exact) mass is 406 g/mol. The van der Waals surface area contributed by atoms with Crippen LogP contribution in [0.15, 0.2) is 0 Å². The average Bonchev–Trinajstić information content (AvgIpc) is 2.62. The molecule has 0 bridgehead atoms. The number of aliphatic hydroxyl groups is 1. The molecule has 0 aromatic heterocycles. The van der Waals surface area contributed by atoms with Gasteiger partial charge in [-0.05, 0) is 12.8 Å². The highest BCUT2D eigenvalue weighted by Crippen LogP contribution is 2.17. The summed E-state index contributed by atoms with van der Waals surface area (Å²) in [5, 5.41) is 8.08. The van der Waals surface area contributed by atoms with Gasteiger partial charge < -0.3 is 5.11 Å². The van der Waals surface area contributed by atoms with E-state index in [1.807, 2.05) is 0 Å². The normalized spacial score (nSPS) is 13.1. The Morgan fingerprint density at radius 1 is 0.593 bits per heavy atom. The van der Waals surface area contributed by atoms with Gasteiger partial charge in [0.05, 0.1) is 5.25 Å². The number of hydrogen-bond donors (Lipinski definition) is 2. The van der Waals surface area contributed by atoms with Gasteiger partial charge in [0.25, 0.3) is 10.1 Å². The van der Waals surface area contributed by atoms with Crippen LogP contribution in [0.2, 0.25) is 0 Å². The molecule has 27 heavy (non-hydrogen) atoms. The second-order valence-corrected chi connectivity index (χ2v) is 9.79. The highest BCUT2D eigenvalue weighted by molar-refractivity contribution is 7.86. The summed E-state index contributed by atoms with van der Waals surface area (Å²) in [6.07, 6.45) is 22.7. The van der Waals surface area contributed by atoms with E-state index in [1.54, 1.807) is 0 Å². The minimum Gasteiger partial charge on any atom is -0.396 e. The van der Waals surface area contributed by atoms with Crippen molar-refractivity contribution < 1.29 is 18.1 Å². The minimum atomic E-state index is -4.01. The Morgan fingerprint density at radius 2 is 0.926 bits per heavy atom. The fraction of sp³-hybridized carbons (Fsp3) is 1.00. The summed E-state index contributed by atoms with van der Waals surface area (Å²) < 4.78 is 31.4. The smallest absolute Gasteiger partial charge is 0.267 e. The third-order valence-electron chi connectivity index (χ3n) is 5.50. The topological polar surface area (TPSA) is 74.6 Å². The van der Waals surface area contributed by atoms with Crippen molar-refractivity contribution in [3.63, 3.8) is 0 Å². The molecule has 0 saturated heterocycles. The SMILES string of the molecule is CCCCCCCCCCCCCCCCCCCC(CCO)S(=O)(=O)O. The van der Waals surface area contributed by atoms with Crippen molar-refractivity contribution in [1.29, 1.82) is 0 Å². The first-order valence-electron chi connectivity index (χ1n) is 11.6. The molecule has 0 aliphatic heterocycles. The van der Waals surface area contributed by atoms with E-state index in [-0.39, 0.29) is 13.0 Å². The number of hydrogen-bond acceptors (Lipinski definition) is 3. The minimum absolute atomic E-state index is 0.137. The lowest BCUT2D eigenvalue weighted by Gasteiger charge is -2.12. The molecule has 1 atom stereocenters. The fourth-order valence-corrected chi connectivity index (χ4v) is 4.55. The van der Waals surface area contributed by atoms with Gasteiger partial charge in [-0.3, -0.25) is 4.55 Å².